The van der Waals surface area contributed by atoms with Gasteiger partial charge >= 0.3 is 0 Å². The van der Waals surface area contributed by atoms with Crippen LogP contribution in [0.3, 0.4) is 0 Å². The maximum absolute atomic E-state index is 9.87. The van der Waals surface area contributed by atoms with Gasteiger partial charge in [-0.2, -0.15) is 14.9 Å². The van der Waals surface area contributed by atoms with Crippen molar-refractivity contribution in [2.75, 3.05) is 7.11 Å². The molecular weight excluding hydrogens is 428 g/mol. The molecule has 0 saturated carbocycles. The van der Waals surface area contributed by atoms with Crippen LogP contribution in [-0.2, 0) is 0 Å². The first-order valence-corrected chi connectivity index (χ1v) is 8.61. The highest BCUT2D eigenvalue weighted by Crippen LogP contribution is 2.34. The van der Waals surface area contributed by atoms with E-state index in [1.54, 1.807) is 30.5 Å². The summed E-state index contributed by atoms with van der Waals surface area (Å²) in [5, 5.41) is 21.8. The van der Waals surface area contributed by atoms with Gasteiger partial charge in [0.1, 0.15) is 0 Å². The standard InChI is InChI=1S/C16H12BrClN4O2S/c1-24-13-7-9(6-12(17)14(13)23)8-19-22-15(20-21-16(22)25)10-2-4-11(18)5-3-10/h2-8,23H,1H3,(H,21,25)/b19-8+. The summed E-state index contributed by atoms with van der Waals surface area (Å²) in [6, 6.07) is 10.6. The van der Waals surface area contributed by atoms with E-state index in [9.17, 15) is 5.11 Å². The number of halogens is 2. The summed E-state index contributed by atoms with van der Waals surface area (Å²) in [5.74, 6) is 0.925. The van der Waals surface area contributed by atoms with E-state index in [-0.39, 0.29) is 5.75 Å². The predicted octanol–water partition coefficient (Wildman–Crippen LogP) is 4.62. The lowest BCUT2D eigenvalue weighted by Gasteiger charge is -2.06. The van der Waals surface area contributed by atoms with Crippen molar-refractivity contribution in [3.05, 3.63) is 56.2 Å². The molecule has 0 aliphatic heterocycles. The maximum atomic E-state index is 9.87. The number of nitrogens with one attached hydrogen (secondary N) is 1. The smallest absolute Gasteiger partial charge is 0.216 e. The van der Waals surface area contributed by atoms with Crippen LogP contribution in [0.1, 0.15) is 5.56 Å². The fourth-order valence-corrected chi connectivity index (χ4v) is 2.90. The lowest BCUT2D eigenvalue weighted by molar-refractivity contribution is 0.372. The molecule has 0 unspecified atom stereocenters. The zero-order valence-corrected chi connectivity index (χ0v) is 16.1. The molecule has 25 heavy (non-hydrogen) atoms. The molecule has 9 heteroatoms. The van der Waals surface area contributed by atoms with Crippen LogP contribution in [0, 0.1) is 4.77 Å². The van der Waals surface area contributed by atoms with Crippen molar-refractivity contribution in [2.45, 2.75) is 0 Å². The highest BCUT2D eigenvalue weighted by Gasteiger charge is 2.10. The predicted molar refractivity (Wildman–Crippen MR) is 103 cm³/mol. The molecule has 0 atom stereocenters. The molecule has 0 bridgehead atoms. The Bertz CT molecular complexity index is 998. The molecule has 6 nitrogen and oxygen atoms in total. The fraction of sp³-hybridized carbons (Fsp3) is 0.0625. The van der Waals surface area contributed by atoms with Crippen molar-refractivity contribution in [3.8, 4) is 22.9 Å². The number of methoxy groups -OCH3 is 1. The summed E-state index contributed by atoms with van der Waals surface area (Å²) in [6.45, 7) is 0. The average Bonchev–Trinajstić information content (AvgIpc) is 2.97. The second kappa shape index (κ2) is 7.38. The van der Waals surface area contributed by atoms with Gasteiger partial charge in [0.2, 0.25) is 4.77 Å². The number of phenols is 1. The summed E-state index contributed by atoms with van der Waals surface area (Å²) >= 11 is 14.4. The van der Waals surface area contributed by atoms with E-state index in [0.29, 0.717) is 31.4 Å². The molecule has 1 heterocycles. The van der Waals surface area contributed by atoms with Gasteiger partial charge in [0.05, 0.1) is 17.8 Å². The zero-order valence-electron chi connectivity index (χ0n) is 12.9. The van der Waals surface area contributed by atoms with Gasteiger partial charge in [-0.1, -0.05) is 11.6 Å². The Labute approximate surface area is 161 Å². The Kier molecular flexibility index (Phi) is 5.22. The second-order valence-electron chi connectivity index (χ2n) is 4.97. The molecule has 2 N–H and O–H groups in total. The van der Waals surface area contributed by atoms with Gasteiger partial charge < -0.3 is 9.84 Å². The third kappa shape index (κ3) is 3.76. The van der Waals surface area contributed by atoms with Crippen LogP contribution in [0.4, 0.5) is 0 Å². The van der Waals surface area contributed by atoms with E-state index in [0.717, 1.165) is 5.56 Å². The van der Waals surface area contributed by atoms with Gasteiger partial charge in [-0.15, -0.1) is 0 Å². The molecule has 0 aliphatic rings. The molecule has 0 spiro atoms. The quantitative estimate of drug-likeness (QED) is 0.459. The molecule has 3 rings (SSSR count). The number of hydrogen-bond acceptors (Lipinski definition) is 5. The van der Waals surface area contributed by atoms with Gasteiger partial charge in [-0.05, 0) is 70.1 Å². The van der Waals surface area contributed by atoms with Crippen LogP contribution in [0.15, 0.2) is 46.0 Å². The van der Waals surface area contributed by atoms with E-state index in [1.165, 1.54) is 11.8 Å². The highest BCUT2D eigenvalue weighted by molar-refractivity contribution is 9.10. The van der Waals surface area contributed by atoms with Crippen LogP contribution in [-0.4, -0.2) is 33.3 Å². The first-order valence-electron chi connectivity index (χ1n) is 7.04. The summed E-state index contributed by atoms with van der Waals surface area (Å²) < 4.78 is 7.49. The Morgan fingerprint density at radius 2 is 2.08 bits per heavy atom. The number of benzene rings is 2. The normalized spacial score (nSPS) is 11.2. The Morgan fingerprint density at radius 1 is 1.36 bits per heavy atom. The average molecular weight is 440 g/mol. The molecule has 0 amide bonds. The summed E-state index contributed by atoms with van der Waals surface area (Å²) in [4.78, 5) is 0. The summed E-state index contributed by atoms with van der Waals surface area (Å²) in [7, 11) is 1.48. The van der Waals surface area contributed by atoms with Crippen LogP contribution in [0.25, 0.3) is 11.4 Å². The molecule has 128 valence electrons. The SMILES string of the molecule is COc1cc(/C=N/n2c(-c3ccc(Cl)cc3)n[nH]c2=S)cc(Br)c1O. The number of aromatic amines is 1. The maximum Gasteiger partial charge on any atom is 0.216 e. The first kappa shape index (κ1) is 17.7. The number of aromatic nitrogens is 3. The van der Waals surface area contributed by atoms with Gasteiger partial charge in [0.25, 0.3) is 0 Å². The van der Waals surface area contributed by atoms with Gasteiger partial charge in [0.15, 0.2) is 17.3 Å². The van der Waals surface area contributed by atoms with Crippen LogP contribution in [0.5, 0.6) is 11.5 Å². The topological polar surface area (TPSA) is 75.4 Å². The van der Waals surface area contributed by atoms with E-state index < -0.39 is 0 Å². The number of hydrogen-bond donors (Lipinski definition) is 2. The zero-order chi connectivity index (χ0) is 18.0. The van der Waals surface area contributed by atoms with E-state index in [4.69, 9.17) is 28.6 Å². The molecule has 0 aliphatic carbocycles. The molecule has 0 fully saturated rings. The molecule has 1 aromatic heterocycles. The first-order chi connectivity index (χ1) is 12.0. The van der Waals surface area contributed by atoms with E-state index in [1.807, 2.05) is 12.1 Å². The number of aromatic hydroxyl groups is 1. The van der Waals surface area contributed by atoms with E-state index >= 15 is 0 Å². The largest absolute Gasteiger partial charge is 0.503 e. The van der Waals surface area contributed by atoms with Crippen LogP contribution >= 0.6 is 39.7 Å². The molecule has 0 radical (unpaired) electrons. The van der Waals surface area contributed by atoms with Crippen molar-refractivity contribution >= 4 is 46.0 Å². The Morgan fingerprint density at radius 3 is 2.76 bits per heavy atom. The van der Waals surface area contributed by atoms with Gasteiger partial charge in [-0.25, -0.2) is 5.10 Å². The molecular formula is C16H12BrClN4O2S. The minimum absolute atomic E-state index is 0.0291. The van der Waals surface area contributed by atoms with Crippen molar-refractivity contribution < 1.29 is 9.84 Å². The van der Waals surface area contributed by atoms with Crippen molar-refractivity contribution in [1.29, 1.82) is 0 Å². The fourth-order valence-electron chi connectivity index (χ4n) is 2.13. The molecule has 0 saturated heterocycles. The number of nitrogens with zero attached hydrogens (tertiary/aromatic N) is 3. The second-order valence-corrected chi connectivity index (χ2v) is 6.65. The lowest BCUT2D eigenvalue weighted by atomic mass is 10.2. The minimum atomic E-state index is 0.0291. The number of phenolic OH excluding ortho intramolecular Hbond substituents is 1. The number of ether oxygens (including phenoxy) is 1. The van der Waals surface area contributed by atoms with Crippen LogP contribution in [0.2, 0.25) is 5.02 Å². The highest BCUT2D eigenvalue weighted by atomic mass is 79.9. The van der Waals surface area contributed by atoms with Crippen molar-refractivity contribution in [2.24, 2.45) is 5.10 Å². The van der Waals surface area contributed by atoms with Crippen molar-refractivity contribution in [1.82, 2.24) is 14.9 Å². The third-order valence-electron chi connectivity index (χ3n) is 3.35. The molecule has 2 aromatic carbocycles. The number of H-pyrrole nitrogens is 1. The molecule has 3 aromatic rings. The Hall–Kier alpha value is -2.16. The van der Waals surface area contributed by atoms with E-state index in [2.05, 4.69) is 31.2 Å². The minimum Gasteiger partial charge on any atom is -0.503 e. The van der Waals surface area contributed by atoms with Crippen LogP contribution < -0.4 is 4.74 Å². The third-order valence-corrected chi connectivity index (χ3v) is 4.47. The van der Waals surface area contributed by atoms with Gasteiger partial charge in [-0.3, -0.25) is 0 Å². The monoisotopic (exact) mass is 438 g/mol. The Balaban J connectivity index is 2.00. The van der Waals surface area contributed by atoms with Crippen molar-refractivity contribution in [3.63, 3.8) is 0 Å². The summed E-state index contributed by atoms with van der Waals surface area (Å²) in [6.07, 6.45) is 1.59. The lowest BCUT2D eigenvalue weighted by Crippen LogP contribution is -1.95. The van der Waals surface area contributed by atoms with Gasteiger partial charge in [0, 0.05) is 10.6 Å². The summed E-state index contributed by atoms with van der Waals surface area (Å²) in [5.41, 5.74) is 1.53. The number of rotatable bonds is 4.